The molecular formula is C12H18N2O2S. The highest BCUT2D eigenvalue weighted by Gasteiger charge is 2.07. The Morgan fingerprint density at radius 3 is 2.65 bits per heavy atom. The molecule has 0 aliphatic carbocycles. The number of rotatable bonds is 6. The first kappa shape index (κ1) is 13.9. The van der Waals surface area contributed by atoms with Gasteiger partial charge < -0.3 is 15.8 Å². The normalized spacial score (nSPS) is 11.9. The highest BCUT2D eigenvalue weighted by Crippen LogP contribution is 2.19. The zero-order valence-corrected chi connectivity index (χ0v) is 10.9. The molecule has 0 fully saturated rings. The molecule has 0 aliphatic rings. The van der Waals surface area contributed by atoms with Crippen molar-refractivity contribution in [2.24, 2.45) is 5.73 Å². The highest BCUT2D eigenvalue weighted by atomic mass is 32.2. The van der Waals surface area contributed by atoms with Crippen LogP contribution in [0.1, 0.15) is 11.6 Å². The van der Waals surface area contributed by atoms with Gasteiger partial charge in [-0.2, -0.15) is 11.8 Å². The summed E-state index contributed by atoms with van der Waals surface area (Å²) in [6.45, 7) is 0. The Hall–Kier alpha value is -1.20. The van der Waals surface area contributed by atoms with E-state index in [0.29, 0.717) is 5.75 Å². The van der Waals surface area contributed by atoms with E-state index in [2.05, 4.69) is 5.32 Å². The fraction of sp³-hybridized carbons (Fsp3) is 0.417. The molecule has 0 saturated carbocycles. The van der Waals surface area contributed by atoms with E-state index in [1.54, 1.807) is 14.2 Å². The number of amides is 1. The summed E-state index contributed by atoms with van der Waals surface area (Å²) in [6.07, 6.45) is 0. The summed E-state index contributed by atoms with van der Waals surface area (Å²) in [5, 5.41) is 2.58. The first-order valence-electron chi connectivity index (χ1n) is 5.35. The van der Waals surface area contributed by atoms with E-state index in [1.165, 1.54) is 11.8 Å². The Morgan fingerprint density at radius 2 is 2.12 bits per heavy atom. The van der Waals surface area contributed by atoms with Crippen LogP contribution in [0.25, 0.3) is 0 Å². The standard InChI is InChI=1S/C12H18N2O2S/c1-14-12(15)8-17-7-11(13)9-3-5-10(16-2)6-4-9/h3-6,11H,7-8,13H2,1-2H3,(H,14,15). The summed E-state index contributed by atoms with van der Waals surface area (Å²) in [5.74, 6) is 2.01. The van der Waals surface area contributed by atoms with E-state index >= 15 is 0 Å². The number of carbonyl (C=O) groups excluding carboxylic acids is 1. The highest BCUT2D eigenvalue weighted by molar-refractivity contribution is 7.99. The summed E-state index contributed by atoms with van der Waals surface area (Å²) in [4.78, 5) is 11.0. The second-order valence-corrected chi connectivity index (χ2v) is 4.60. The molecule has 0 spiro atoms. The molecule has 94 valence electrons. The van der Waals surface area contributed by atoms with Gasteiger partial charge in [-0.3, -0.25) is 4.79 Å². The Bertz CT molecular complexity index is 354. The Balaban J connectivity index is 2.40. The van der Waals surface area contributed by atoms with Crippen LogP contribution in [-0.2, 0) is 4.79 Å². The van der Waals surface area contributed by atoms with Gasteiger partial charge in [0.2, 0.25) is 5.91 Å². The van der Waals surface area contributed by atoms with Crippen molar-refractivity contribution in [2.75, 3.05) is 25.7 Å². The van der Waals surface area contributed by atoms with Crippen LogP contribution in [-0.4, -0.2) is 31.6 Å². The molecule has 0 heterocycles. The van der Waals surface area contributed by atoms with E-state index in [9.17, 15) is 4.79 Å². The second kappa shape index (κ2) is 7.19. The lowest BCUT2D eigenvalue weighted by atomic mass is 10.1. The van der Waals surface area contributed by atoms with Crippen LogP contribution in [0.3, 0.4) is 0 Å². The Kier molecular flexibility index (Phi) is 5.86. The van der Waals surface area contributed by atoms with Crippen LogP contribution in [0.2, 0.25) is 0 Å². The van der Waals surface area contributed by atoms with Crippen molar-refractivity contribution in [3.63, 3.8) is 0 Å². The zero-order chi connectivity index (χ0) is 12.7. The molecule has 3 N–H and O–H groups in total. The van der Waals surface area contributed by atoms with Crippen LogP contribution in [0, 0.1) is 0 Å². The number of benzene rings is 1. The number of hydrogen-bond donors (Lipinski definition) is 2. The first-order chi connectivity index (χ1) is 8.17. The summed E-state index contributed by atoms with van der Waals surface area (Å²) in [6, 6.07) is 7.61. The third-order valence-corrected chi connectivity index (χ3v) is 3.41. The van der Waals surface area contributed by atoms with Gasteiger partial charge in [0, 0.05) is 18.8 Å². The van der Waals surface area contributed by atoms with Crippen LogP contribution < -0.4 is 15.8 Å². The molecule has 4 nitrogen and oxygen atoms in total. The smallest absolute Gasteiger partial charge is 0.229 e. The number of nitrogens with two attached hydrogens (primary N) is 1. The first-order valence-corrected chi connectivity index (χ1v) is 6.50. The van der Waals surface area contributed by atoms with Crippen molar-refractivity contribution >= 4 is 17.7 Å². The van der Waals surface area contributed by atoms with Crippen LogP contribution in [0.5, 0.6) is 5.75 Å². The second-order valence-electron chi connectivity index (χ2n) is 3.57. The molecule has 0 bridgehead atoms. The third kappa shape index (κ3) is 4.66. The lowest BCUT2D eigenvalue weighted by Gasteiger charge is -2.11. The molecule has 0 radical (unpaired) electrons. The Labute approximate surface area is 106 Å². The quantitative estimate of drug-likeness (QED) is 0.800. The van der Waals surface area contributed by atoms with Crippen molar-refractivity contribution in [3.8, 4) is 5.75 Å². The number of methoxy groups -OCH3 is 1. The topological polar surface area (TPSA) is 64.4 Å². The van der Waals surface area contributed by atoms with Gasteiger partial charge in [0.15, 0.2) is 0 Å². The average Bonchev–Trinajstić information content (AvgIpc) is 2.38. The van der Waals surface area contributed by atoms with E-state index in [4.69, 9.17) is 10.5 Å². The molecule has 5 heteroatoms. The van der Waals surface area contributed by atoms with E-state index in [-0.39, 0.29) is 11.9 Å². The minimum Gasteiger partial charge on any atom is -0.497 e. The number of thioether (sulfide) groups is 1. The minimum absolute atomic E-state index is 0.0249. The monoisotopic (exact) mass is 254 g/mol. The molecule has 0 saturated heterocycles. The SMILES string of the molecule is CNC(=O)CSCC(N)c1ccc(OC)cc1. The maximum atomic E-state index is 11.0. The lowest BCUT2D eigenvalue weighted by molar-refractivity contribution is -0.118. The minimum atomic E-state index is -0.0597. The van der Waals surface area contributed by atoms with Crippen molar-refractivity contribution in [2.45, 2.75) is 6.04 Å². The molecule has 17 heavy (non-hydrogen) atoms. The largest absolute Gasteiger partial charge is 0.497 e. The molecule has 1 amide bonds. The molecule has 1 aromatic carbocycles. The van der Waals surface area contributed by atoms with Crippen LogP contribution in [0.15, 0.2) is 24.3 Å². The lowest BCUT2D eigenvalue weighted by Crippen LogP contribution is -2.21. The maximum Gasteiger partial charge on any atom is 0.229 e. The molecule has 1 unspecified atom stereocenters. The summed E-state index contributed by atoms with van der Waals surface area (Å²) >= 11 is 1.53. The van der Waals surface area contributed by atoms with Gasteiger partial charge in [-0.1, -0.05) is 12.1 Å². The number of nitrogens with one attached hydrogen (secondary N) is 1. The van der Waals surface area contributed by atoms with Gasteiger partial charge in [-0.05, 0) is 17.7 Å². The zero-order valence-electron chi connectivity index (χ0n) is 10.1. The van der Waals surface area contributed by atoms with Gasteiger partial charge in [0.25, 0.3) is 0 Å². The van der Waals surface area contributed by atoms with Crippen LogP contribution in [0.4, 0.5) is 0 Å². The molecule has 1 rings (SSSR count). The Morgan fingerprint density at radius 1 is 1.47 bits per heavy atom. The summed E-state index contributed by atoms with van der Waals surface area (Å²) in [5.41, 5.74) is 7.07. The average molecular weight is 254 g/mol. The molecule has 1 atom stereocenters. The van der Waals surface area contributed by atoms with Gasteiger partial charge in [0.1, 0.15) is 5.75 Å². The number of ether oxygens (including phenoxy) is 1. The third-order valence-electron chi connectivity index (χ3n) is 2.35. The molecular weight excluding hydrogens is 236 g/mol. The molecule has 1 aromatic rings. The van der Waals surface area contributed by atoms with Crippen molar-refractivity contribution < 1.29 is 9.53 Å². The number of carbonyl (C=O) groups is 1. The van der Waals surface area contributed by atoms with Crippen molar-refractivity contribution in [1.29, 1.82) is 0 Å². The molecule has 0 aromatic heterocycles. The van der Waals surface area contributed by atoms with E-state index < -0.39 is 0 Å². The fourth-order valence-electron chi connectivity index (χ4n) is 1.30. The van der Waals surface area contributed by atoms with Gasteiger partial charge >= 0.3 is 0 Å². The van der Waals surface area contributed by atoms with Crippen molar-refractivity contribution in [3.05, 3.63) is 29.8 Å². The van der Waals surface area contributed by atoms with Gasteiger partial charge in [0.05, 0.1) is 12.9 Å². The van der Waals surface area contributed by atoms with Crippen LogP contribution >= 0.6 is 11.8 Å². The predicted octanol–water partition coefficient (Wildman–Crippen LogP) is 1.17. The summed E-state index contributed by atoms with van der Waals surface area (Å²) in [7, 11) is 3.26. The van der Waals surface area contributed by atoms with E-state index in [0.717, 1.165) is 17.1 Å². The summed E-state index contributed by atoms with van der Waals surface area (Å²) < 4.78 is 5.08. The van der Waals surface area contributed by atoms with Gasteiger partial charge in [-0.15, -0.1) is 0 Å². The molecule has 0 aliphatic heterocycles. The maximum absolute atomic E-state index is 11.0. The van der Waals surface area contributed by atoms with Gasteiger partial charge in [-0.25, -0.2) is 0 Å². The fourth-order valence-corrected chi connectivity index (χ4v) is 2.19. The predicted molar refractivity (Wildman–Crippen MR) is 71.3 cm³/mol. The number of hydrogen-bond acceptors (Lipinski definition) is 4. The van der Waals surface area contributed by atoms with E-state index in [1.807, 2.05) is 24.3 Å². The van der Waals surface area contributed by atoms with Crippen molar-refractivity contribution in [1.82, 2.24) is 5.32 Å².